The number of epoxide rings is 2. The van der Waals surface area contributed by atoms with E-state index in [1.54, 1.807) is 0 Å². The van der Waals surface area contributed by atoms with Crippen LogP contribution in [-0.2, 0) is 9.47 Å². The molecule has 4 aliphatic rings. The first-order chi connectivity index (χ1) is 14.2. The van der Waals surface area contributed by atoms with Gasteiger partial charge in [-0.15, -0.1) is 0 Å². The van der Waals surface area contributed by atoms with Crippen molar-refractivity contribution < 1.29 is 40.1 Å². The summed E-state index contributed by atoms with van der Waals surface area (Å²) >= 11 is 0. The number of hydrogen-bond donors (Lipinski definition) is 6. The quantitative estimate of drug-likeness (QED) is 0.260. The standard InChI is InChI=1S/C22H34O8/c1-9-3-15-17(29-15)7-11(9)5-13(23)19(25)21(27)22(28)20(26)14(24)6-12-8-18-16(30-18)4-10(12)2/h5-6,9-12,15-28H,3-4,7-8H2,1-2H3/t9?,10?,11?,12?,15?,16?,17?,18?,19-,20+,21-,22-/m1/s1. The highest BCUT2D eigenvalue weighted by Gasteiger charge is 2.48. The molecule has 8 nitrogen and oxygen atoms in total. The molecule has 2 saturated carbocycles. The van der Waals surface area contributed by atoms with Gasteiger partial charge in [-0.1, -0.05) is 13.8 Å². The first-order valence-electron chi connectivity index (χ1n) is 11.0. The van der Waals surface area contributed by atoms with E-state index in [1.807, 2.05) is 13.8 Å². The van der Waals surface area contributed by atoms with Gasteiger partial charge in [0.25, 0.3) is 0 Å². The second-order valence-corrected chi connectivity index (χ2v) is 9.70. The number of fused-ring (bicyclic) bond motifs is 2. The van der Waals surface area contributed by atoms with Crippen LogP contribution in [0.3, 0.4) is 0 Å². The van der Waals surface area contributed by atoms with Gasteiger partial charge in [0.2, 0.25) is 0 Å². The second kappa shape index (κ2) is 8.41. The number of allylic oxidation sites excluding steroid dienone is 2. The molecule has 0 radical (unpaired) electrons. The van der Waals surface area contributed by atoms with Crippen LogP contribution in [0.25, 0.3) is 0 Å². The second-order valence-electron chi connectivity index (χ2n) is 9.70. The molecular weight excluding hydrogens is 392 g/mol. The Balaban J connectivity index is 1.35. The Bertz CT molecular complexity index is 635. The molecule has 2 heterocycles. The van der Waals surface area contributed by atoms with Crippen molar-refractivity contribution in [1.29, 1.82) is 0 Å². The smallest absolute Gasteiger partial charge is 0.139 e. The van der Waals surface area contributed by atoms with Gasteiger partial charge in [0, 0.05) is 0 Å². The molecule has 8 unspecified atom stereocenters. The van der Waals surface area contributed by atoms with Gasteiger partial charge in [-0.2, -0.15) is 0 Å². The molecule has 0 bridgehead atoms. The molecular formula is C22H34O8. The summed E-state index contributed by atoms with van der Waals surface area (Å²) in [6.07, 6.45) is -0.102. The minimum atomic E-state index is -1.87. The minimum Gasteiger partial charge on any atom is -0.510 e. The normalized spacial score (nSPS) is 45.0. The Labute approximate surface area is 176 Å². The van der Waals surface area contributed by atoms with Gasteiger partial charge >= 0.3 is 0 Å². The van der Waals surface area contributed by atoms with E-state index in [1.165, 1.54) is 12.2 Å². The summed E-state index contributed by atoms with van der Waals surface area (Å²) in [4.78, 5) is 0. The van der Waals surface area contributed by atoms with Gasteiger partial charge in [-0.05, 0) is 61.5 Å². The molecule has 8 heteroatoms. The van der Waals surface area contributed by atoms with Crippen molar-refractivity contribution in [3.8, 4) is 0 Å². The van der Waals surface area contributed by atoms with Gasteiger partial charge in [0.05, 0.1) is 24.4 Å². The molecule has 4 fully saturated rings. The van der Waals surface area contributed by atoms with Crippen LogP contribution in [-0.4, -0.2) is 79.5 Å². The fourth-order valence-corrected chi connectivity index (χ4v) is 5.10. The Hall–Kier alpha value is -1.16. The van der Waals surface area contributed by atoms with Crippen LogP contribution in [0.5, 0.6) is 0 Å². The van der Waals surface area contributed by atoms with E-state index in [4.69, 9.17) is 9.47 Å². The van der Waals surface area contributed by atoms with Crippen molar-refractivity contribution in [3.63, 3.8) is 0 Å². The summed E-state index contributed by atoms with van der Waals surface area (Å²) < 4.78 is 11.0. The van der Waals surface area contributed by atoms with Gasteiger partial charge in [0.1, 0.15) is 35.9 Å². The number of aliphatic hydroxyl groups is 6. The van der Waals surface area contributed by atoms with E-state index in [-0.39, 0.29) is 35.9 Å². The van der Waals surface area contributed by atoms with Gasteiger partial charge in [0.15, 0.2) is 0 Å². The Kier molecular flexibility index (Phi) is 6.18. The third-order valence-corrected chi connectivity index (χ3v) is 7.43. The van der Waals surface area contributed by atoms with Crippen molar-refractivity contribution in [3.05, 3.63) is 23.7 Å². The summed E-state index contributed by atoms with van der Waals surface area (Å²) in [5.74, 6) is -0.401. The summed E-state index contributed by atoms with van der Waals surface area (Å²) in [7, 11) is 0. The average molecular weight is 427 g/mol. The zero-order valence-corrected chi connectivity index (χ0v) is 17.4. The molecule has 12 atom stereocenters. The van der Waals surface area contributed by atoms with E-state index in [0.29, 0.717) is 12.2 Å². The highest BCUT2D eigenvalue weighted by molar-refractivity contribution is 5.13. The van der Waals surface area contributed by atoms with Crippen molar-refractivity contribution in [1.82, 2.24) is 0 Å². The van der Waals surface area contributed by atoms with Crippen molar-refractivity contribution in [2.75, 3.05) is 0 Å². The predicted octanol–water partition coefficient (Wildman–Crippen LogP) is 0.941. The van der Waals surface area contributed by atoms with Crippen LogP contribution in [0.2, 0.25) is 0 Å². The average Bonchev–Trinajstić information content (AvgIpc) is 3.62. The zero-order valence-electron chi connectivity index (χ0n) is 17.4. The fourth-order valence-electron chi connectivity index (χ4n) is 5.10. The van der Waals surface area contributed by atoms with Crippen LogP contribution >= 0.6 is 0 Å². The number of aliphatic hydroxyl groups excluding tert-OH is 6. The SMILES string of the molecule is CC1CC2OC2CC1C=C(O)[C@@H](O)[C@@H](O)[C@H](O)[C@@H](O)C(O)=CC1CC2OC2CC1C. The van der Waals surface area contributed by atoms with E-state index in [2.05, 4.69) is 0 Å². The van der Waals surface area contributed by atoms with Crippen LogP contribution in [0, 0.1) is 23.7 Å². The van der Waals surface area contributed by atoms with E-state index in [9.17, 15) is 30.6 Å². The maximum Gasteiger partial charge on any atom is 0.139 e. The monoisotopic (exact) mass is 426 g/mol. The van der Waals surface area contributed by atoms with Crippen LogP contribution in [0.1, 0.15) is 39.5 Å². The lowest BCUT2D eigenvalue weighted by molar-refractivity contribution is -0.101. The lowest BCUT2D eigenvalue weighted by atomic mass is 9.79. The Morgan fingerprint density at radius 1 is 0.667 bits per heavy atom. The minimum absolute atomic E-state index is 0.00720. The summed E-state index contributed by atoms with van der Waals surface area (Å²) in [5.41, 5.74) is 0. The van der Waals surface area contributed by atoms with Crippen molar-refractivity contribution >= 4 is 0 Å². The summed E-state index contributed by atoms with van der Waals surface area (Å²) in [6.45, 7) is 4.08. The molecule has 0 aromatic rings. The molecule has 30 heavy (non-hydrogen) atoms. The first-order valence-corrected chi connectivity index (χ1v) is 11.0. The highest BCUT2D eigenvalue weighted by atomic mass is 16.6. The van der Waals surface area contributed by atoms with Crippen LogP contribution < -0.4 is 0 Å². The van der Waals surface area contributed by atoms with Gasteiger partial charge in [-0.3, -0.25) is 0 Å². The van der Waals surface area contributed by atoms with Crippen LogP contribution in [0.15, 0.2) is 23.7 Å². The molecule has 170 valence electrons. The molecule has 0 aromatic carbocycles. The Morgan fingerprint density at radius 3 is 1.37 bits per heavy atom. The third kappa shape index (κ3) is 4.54. The molecule has 0 aromatic heterocycles. The lowest BCUT2D eigenvalue weighted by Gasteiger charge is -2.29. The van der Waals surface area contributed by atoms with Gasteiger partial charge < -0.3 is 40.1 Å². The molecule has 2 aliphatic heterocycles. The Morgan fingerprint density at radius 2 is 1.00 bits per heavy atom. The summed E-state index contributed by atoms with van der Waals surface area (Å²) in [5, 5.41) is 61.7. The third-order valence-electron chi connectivity index (χ3n) is 7.43. The maximum absolute atomic E-state index is 10.3. The molecule has 2 saturated heterocycles. The molecule has 2 aliphatic carbocycles. The van der Waals surface area contributed by atoms with Crippen molar-refractivity contribution in [2.45, 2.75) is 88.4 Å². The number of ether oxygens (including phenoxy) is 2. The molecule has 0 amide bonds. The molecule has 4 rings (SSSR count). The maximum atomic E-state index is 10.3. The van der Waals surface area contributed by atoms with E-state index in [0.717, 1.165) is 25.7 Å². The van der Waals surface area contributed by atoms with Gasteiger partial charge in [-0.25, -0.2) is 0 Å². The highest BCUT2D eigenvalue weighted by Crippen LogP contribution is 2.44. The molecule has 0 spiro atoms. The number of rotatable bonds is 7. The summed E-state index contributed by atoms with van der Waals surface area (Å²) in [6, 6.07) is 0. The van der Waals surface area contributed by atoms with Crippen molar-refractivity contribution in [2.24, 2.45) is 23.7 Å². The topological polar surface area (TPSA) is 146 Å². The van der Waals surface area contributed by atoms with E-state index < -0.39 is 35.9 Å². The van der Waals surface area contributed by atoms with E-state index >= 15 is 0 Å². The number of hydrogen-bond acceptors (Lipinski definition) is 8. The lowest BCUT2D eigenvalue weighted by Crippen LogP contribution is -2.46. The largest absolute Gasteiger partial charge is 0.510 e. The molecule has 6 N–H and O–H groups in total. The zero-order chi connectivity index (χ0) is 21.7. The predicted molar refractivity (Wildman–Crippen MR) is 107 cm³/mol. The van der Waals surface area contributed by atoms with Crippen LogP contribution in [0.4, 0.5) is 0 Å². The fraction of sp³-hybridized carbons (Fsp3) is 0.818. The first kappa shape index (κ1) is 22.0.